The van der Waals surface area contributed by atoms with E-state index < -0.39 is 0 Å². The first kappa shape index (κ1) is 19.0. The highest BCUT2D eigenvalue weighted by molar-refractivity contribution is 7.99. The standard InChI is InChI=1S/C20H21N3O3S/c21-20-18(2-1-8-22-20)19-13-17(23-26-19)12-16-5-3-15(4-6-16)7-10-27-11-9-25-14-24/h1-6,8,13-14H,7,9-12H2,(H2,21,22). The van der Waals surface area contributed by atoms with Crippen molar-refractivity contribution in [1.82, 2.24) is 10.1 Å². The Hall–Kier alpha value is -2.80. The van der Waals surface area contributed by atoms with E-state index in [1.807, 2.05) is 18.2 Å². The molecule has 0 aliphatic heterocycles. The van der Waals surface area contributed by atoms with Crippen molar-refractivity contribution in [1.29, 1.82) is 0 Å². The number of hydrogen-bond donors (Lipinski definition) is 1. The molecule has 2 heterocycles. The van der Waals surface area contributed by atoms with Gasteiger partial charge in [0.05, 0.1) is 11.3 Å². The van der Waals surface area contributed by atoms with Crippen LogP contribution in [0.1, 0.15) is 16.8 Å². The number of nitrogen functional groups attached to an aromatic ring is 1. The van der Waals surface area contributed by atoms with Gasteiger partial charge in [-0.15, -0.1) is 0 Å². The van der Waals surface area contributed by atoms with Crippen molar-refractivity contribution in [2.75, 3.05) is 23.8 Å². The number of hydrogen-bond acceptors (Lipinski definition) is 7. The number of aromatic nitrogens is 2. The summed E-state index contributed by atoms with van der Waals surface area (Å²) in [6.45, 7) is 0.959. The van der Waals surface area contributed by atoms with Crippen LogP contribution in [0, 0.1) is 0 Å². The SMILES string of the molecule is Nc1ncccc1-c1cc(Cc2ccc(CCSCCOC=O)cc2)no1. The molecule has 3 aromatic rings. The van der Waals surface area contributed by atoms with Gasteiger partial charge in [0.1, 0.15) is 12.4 Å². The first-order valence-electron chi connectivity index (χ1n) is 8.63. The molecule has 0 unspecified atom stereocenters. The van der Waals surface area contributed by atoms with Gasteiger partial charge < -0.3 is 15.0 Å². The fourth-order valence-corrected chi connectivity index (χ4v) is 3.43. The zero-order valence-electron chi connectivity index (χ0n) is 14.8. The minimum atomic E-state index is 0.431. The van der Waals surface area contributed by atoms with Gasteiger partial charge in [-0.05, 0) is 35.4 Å². The average molecular weight is 383 g/mol. The molecule has 2 aromatic heterocycles. The van der Waals surface area contributed by atoms with Crippen LogP contribution in [0.3, 0.4) is 0 Å². The number of carbonyl (C=O) groups is 1. The summed E-state index contributed by atoms with van der Waals surface area (Å²) in [6, 6.07) is 14.1. The van der Waals surface area contributed by atoms with Crippen LogP contribution in [0.5, 0.6) is 0 Å². The Balaban J connectivity index is 1.51. The Morgan fingerprint density at radius 1 is 1.15 bits per heavy atom. The largest absolute Gasteiger partial charge is 0.467 e. The highest BCUT2D eigenvalue weighted by atomic mass is 32.2. The molecule has 0 spiro atoms. The second-order valence-electron chi connectivity index (χ2n) is 5.94. The summed E-state index contributed by atoms with van der Waals surface area (Å²) in [7, 11) is 0. The van der Waals surface area contributed by atoms with E-state index in [2.05, 4.69) is 39.1 Å². The van der Waals surface area contributed by atoms with Crippen molar-refractivity contribution < 1.29 is 14.1 Å². The van der Waals surface area contributed by atoms with Crippen LogP contribution >= 0.6 is 11.8 Å². The number of anilines is 1. The summed E-state index contributed by atoms with van der Waals surface area (Å²) in [5, 5.41) is 4.14. The fourth-order valence-electron chi connectivity index (χ4n) is 2.63. The van der Waals surface area contributed by atoms with Crippen molar-refractivity contribution >= 4 is 24.1 Å². The number of rotatable bonds is 10. The molecular weight excluding hydrogens is 362 g/mol. The molecule has 6 nitrogen and oxygen atoms in total. The van der Waals surface area contributed by atoms with Gasteiger partial charge in [-0.2, -0.15) is 11.8 Å². The van der Waals surface area contributed by atoms with Crippen LogP contribution in [0.15, 0.2) is 53.2 Å². The van der Waals surface area contributed by atoms with Gasteiger partial charge in [0.25, 0.3) is 6.47 Å². The predicted molar refractivity (Wildman–Crippen MR) is 106 cm³/mol. The molecule has 0 saturated carbocycles. The third kappa shape index (κ3) is 5.59. The first-order valence-corrected chi connectivity index (χ1v) is 9.79. The zero-order chi connectivity index (χ0) is 18.9. The van der Waals surface area contributed by atoms with Gasteiger partial charge in [-0.3, -0.25) is 4.79 Å². The molecule has 27 heavy (non-hydrogen) atoms. The van der Waals surface area contributed by atoms with E-state index >= 15 is 0 Å². The average Bonchev–Trinajstić information content (AvgIpc) is 3.14. The van der Waals surface area contributed by atoms with Gasteiger partial charge >= 0.3 is 0 Å². The van der Waals surface area contributed by atoms with Crippen LogP contribution in [-0.4, -0.2) is 34.7 Å². The summed E-state index contributed by atoms with van der Waals surface area (Å²) in [4.78, 5) is 14.1. The Morgan fingerprint density at radius 3 is 2.74 bits per heavy atom. The number of nitrogens with zero attached hydrogens (tertiary/aromatic N) is 2. The third-order valence-corrected chi connectivity index (χ3v) is 4.97. The maximum Gasteiger partial charge on any atom is 0.293 e. The predicted octanol–water partition coefficient (Wildman–Crippen LogP) is 3.36. The molecule has 7 heteroatoms. The number of nitrogens with two attached hydrogens (primary N) is 1. The van der Waals surface area contributed by atoms with Gasteiger partial charge in [-0.25, -0.2) is 4.98 Å². The quantitative estimate of drug-likeness (QED) is 0.424. The molecule has 0 bridgehead atoms. The maximum absolute atomic E-state index is 10.1. The highest BCUT2D eigenvalue weighted by Gasteiger charge is 2.10. The van der Waals surface area contributed by atoms with E-state index in [-0.39, 0.29) is 0 Å². The molecule has 0 aliphatic rings. The maximum atomic E-state index is 10.1. The van der Waals surface area contributed by atoms with Crippen LogP contribution in [-0.2, 0) is 22.4 Å². The first-order chi connectivity index (χ1) is 13.3. The van der Waals surface area contributed by atoms with Gasteiger partial charge in [0.2, 0.25) is 0 Å². The summed E-state index contributed by atoms with van der Waals surface area (Å²) in [5.74, 6) is 2.89. The molecule has 0 fully saturated rings. The lowest BCUT2D eigenvalue weighted by atomic mass is 10.1. The van der Waals surface area contributed by atoms with Crippen LogP contribution in [0.25, 0.3) is 11.3 Å². The van der Waals surface area contributed by atoms with Crippen molar-refractivity contribution in [2.24, 2.45) is 0 Å². The molecular formula is C20H21N3O3S. The number of benzene rings is 1. The topological polar surface area (TPSA) is 91.2 Å². The third-order valence-electron chi connectivity index (χ3n) is 4.02. The minimum Gasteiger partial charge on any atom is -0.467 e. The molecule has 0 aliphatic carbocycles. The van der Waals surface area contributed by atoms with Gasteiger partial charge in [-0.1, -0.05) is 29.4 Å². The van der Waals surface area contributed by atoms with E-state index in [0.717, 1.165) is 29.2 Å². The normalized spacial score (nSPS) is 10.7. The lowest BCUT2D eigenvalue weighted by Crippen LogP contribution is -1.97. The van der Waals surface area contributed by atoms with Gasteiger partial charge in [0, 0.05) is 24.4 Å². The molecule has 2 N–H and O–H groups in total. The smallest absolute Gasteiger partial charge is 0.293 e. The van der Waals surface area contributed by atoms with Crippen LogP contribution < -0.4 is 5.73 Å². The van der Waals surface area contributed by atoms with Crippen LogP contribution in [0.2, 0.25) is 0 Å². The number of thioether (sulfide) groups is 1. The lowest BCUT2D eigenvalue weighted by Gasteiger charge is -2.03. The van der Waals surface area contributed by atoms with E-state index in [9.17, 15) is 4.79 Å². The van der Waals surface area contributed by atoms with E-state index in [4.69, 9.17) is 10.3 Å². The van der Waals surface area contributed by atoms with Crippen LogP contribution in [0.4, 0.5) is 5.82 Å². The highest BCUT2D eigenvalue weighted by Crippen LogP contribution is 2.25. The minimum absolute atomic E-state index is 0.431. The van der Waals surface area contributed by atoms with E-state index in [0.29, 0.717) is 31.1 Å². The Bertz CT molecular complexity index is 865. The summed E-state index contributed by atoms with van der Waals surface area (Å²) >= 11 is 1.78. The summed E-state index contributed by atoms with van der Waals surface area (Å²) in [6.07, 6.45) is 3.33. The van der Waals surface area contributed by atoms with E-state index in [1.165, 1.54) is 11.1 Å². The van der Waals surface area contributed by atoms with Gasteiger partial charge in [0.15, 0.2) is 5.76 Å². The van der Waals surface area contributed by atoms with Crippen molar-refractivity contribution in [3.8, 4) is 11.3 Å². The van der Waals surface area contributed by atoms with Crippen molar-refractivity contribution in [3.63, 3.8) is 0 Å². The second kappa shape index (κ2) is 9.78. The lowest BCUT2D eigenvalue weighted by molar-refractivity contribution is -0.128. The molecule has 0 radical (unpaired) electrons. The molecule has 0 amide bonds. The number of pyridine rings is 1. The Morgan fingerprint density at radius 2 is 1.96 bits per heavy atom. The van der Waals surface area contributed by atoms with Crippen molar-refractivity contribution in [2.45, 2.75) is 12.8 Å². The van der Waals surface area contributed by atoms with Crippen molar-refractivity contribution in [3.05, 3.63) is 65.5 Å². The fraction of sp³-hybridized carbons (Fsp3) is 0.250. The summed E-state index contributed by atoms with van der Waals surface area (Å²) in [5.41, 5.74) is 9.94. The molecule has 0 atom stereocenters. The molecule has 1 aromatic carbocycles. The summed E-state index contributed by atoms with van der Waals surface area (Å²) < 4.78 is 10.1. The number of aryl methyl sites for hydroxylation is 1. The Labute approximate surface area is 162 Å². The van der Waals surface area contributed by atoms with E-state index in [1.54, 1.807) is 18.0 Å². The molecule has 140 valence electrons. The zero-order valence-corrected chi connectivity index (χ0v) is 15.7. The molecule has 0 saturated heterocycles. The number of carbonyl (C=O) groups excluding carboxylic acids is 1. The Kier molecular flexibility index (Phi) is 6.87. The second-order valence-corrected chi connectivity index (χ2v) is 7.17. The molecule has 3 rings (SSSR count). The number of ether oxygens (including phenoxy) is 1. The monoisotopic (exact) mass is 383 g/mol.